The highest BCUT2D eigenvalue weighted by molar-refractivity contribution is 14.1. The summed E-state index contributed by atoms with van der Waals surface area (Å²) in [6.45, 7) is 3.97. The maximum absolute atomic E-state index is 13.1. The van der Waals surface area contributed by atoms with Crippen LogP contribution in [-0.4, -0.2) is 38.4 Å². The van der Waals surface area contributed by atoms with Gasteiger partial charge >= 0.3 is 6.03 Å². The molecule has 0 spiro atoms. The van der Waals surface area contributed by atoms with Crippen LogP contribution in [0, 0.1) is 3.57 Å². The Morgan fingerprint density at radius 2 is 1.97 bits per heavy atom. The molecule has 4 rings (SSSR count). The number of methoxy groups -OCH3 is 1. The second kappa shape index (κ2) is 8.91. The third-order valence-corrected chi connectivity index (χ3v) is 5.43. The summed E-state index contributed by atoms with van der Waals surface area (Å²) in [5.41, 5.74) is 0.561. The third-order valence-electron chi connectivity index (χ3n) is 4.62. The van der Waals surface area contributed by atoms with E-state index in [1.54, 1.807) is 24.3 Å². The molecule has 2 aliphatic heterocycles. The van der Waals surface area contributed by atoms with E-state index >= 15 is 0 Å². The van der Waals surface area contributed by atoms with Gasteiger partial charge in [0.2, 0.25) is 6.79 Å². The number of benzene rings is 2. The standard InChI is InChI=1S/C22H17IN2O7/c1-3-6-30-19-15(23)8-12(9-18(19)29-2)7-14-20(26)24-22(28)25(21(14)27)13-4-5-16-17(10-13)32-11-31-16/h3-5,7-10H,1,6,11H2,2H3,(H,24,26,28). The van der Waals surface area contributed by atoms with E-state index in [2.05, 4.69) is 34.5 Å². The van der Waals surface area contributed by atoms with Crippen molar-refractivity contribution in [1.29, 1.82) is 0 Å². The fraction of sp³-hybridized carbons (Fsp3) is 0.136. The van der Waals surface area contributed by atoms with E-state index in [-0.39, 0.29) is 18.1 Å². The predicted molar refractivity (Wildman–Crippen MR) is 123 cm³/mol. The monoisotopic (exact) mass is 548 g/mol. The van der Waals surface area contributed by atoms with Crippen molar-refractivity contribution in [3.05, 3.63) is 57.7 Å². The number of anilines is 1. The molecular weight excluding hydrogens is 531 g/mol. The molecule has 0 aliphatic carbocycles. The van der Waals surface area contributed by atoms with Crippen LogP contribution in [0.3, 0.4) is 0 Å². The van der Waals surface area contributed by atoms with Crippen LogP contribution in [0.1, 0.15) is 5.56 Å². The average Bonchev–Trinajstić information content (AvgIpc) is 3.23. The number of hydrogen-bond acceptors (Lipinski definition) is 7. The molecule has 4 amide bonds. The largest absolute Gasteiger partial charge is 0.493 e. The van der Waals surface area contributed by atoms with Crippen molar-refractivity contribution < 1.29 is 33.3 Å². The molecule has 0 atom stereocenters. The van der Waals surface area contributed by atoms with Crippen molar-refractivity contribution in [2.75, 3.05) is 25.4 Å². The molecule has 164 valence electrons. The zero-order valence-corrected chi connectivity index (χ0v) is 19.0. The number of nitrogens with zero attached hydrogens (tertiary/aromatic N) is 1. The lowest BCUT2D eigenvalue weighted by Crippen LogP contribution is -2.54. The zero-order valence-electron chi connectivity index (χ0n) is 16.8. The minimum absolute atomic E-state index is 0.0511. The molecular formula is C22H17IN2O7. The van der Waals surface area contributed by atoms with E-state index in [9.17, 15) is 14.4 Å². The smallest absolute Gasteiger partial charge is 0.335 e. The Kier molecular flexibility index (Phi) is 6.04. The lowest BCUT2D eigenvalue weighted by Gasteiger charge is -2.26. The number of urea groups is 1. The van der Waals surface area contributed by atoms with E-state index in [0.717, 1.165) is 4.90 Å². The zero-order chi connectivity index (χ0) is 22.8. The van der Waals surface area contributed by atoms with Gasteiger partial charge in [0.25, 0.3) is 11.8 Å². The average molecular weight is 548 g/mol. The Bertz CT molecular complexity index is 1180. The van der Waals surface area contributed by atoms with Gasteiger partial charge in [-0.15, -0.1) is 0 Å². The summed E-state index contributed by atoms with van der Waals surface area (Å²) in [7, 11) is 1.49. The number of barbiturate groups is 1. The molecule has 1 N–H and O–H groups in total. The third kappa shape index (κ3) is 4.00. The molecule has 10 heteroatoms. The number of nitrogens with one attached hydrogen (secondary N) is 1. The summed E-state index contributed by atoms with van der Waals surface area (Å²) in [5.74, 6) is 0.298. The summed E-state index contributed by atoms with van der Waals surface area (Å²) in [4.78, 5) is 38.9. The maximum Gasteiger partial charge on any atom is 0.335 e. The highest BCUT2D eigenvalue weighted by Gasteiger charge is 2.37. The van der Waals surface area contributed by atoms with Crippen LogP contribution in [0.4, 0.5) is 10.5 Å². The molecule has 2 heterocycles. The van der Waals surface area contributed by atoms with Crippen molar-refractivity contribution in [2.45, 2.75) is 0 Å². The SMILES string of the molecule is C=CCOc1c(I)cc(C=C2C(=O)NC(=O)N(c3ccc4c(c3)OCO4)C2=O)cc1OC. The van der Waals surface area contributed by atoms with Crippen molar-refractivity contribution in [1.82, 2.24) is 5.32 Å². The summed E-state index contributed by atoms with van der Waals surface area (Å²) in [6, 6.07) is 7.15. The number of amides is 4. The van der Waals surface area contributed by atoms with Crippen LogP contribution in [-0.2, 0) is 9.59 Å². The van der Waals surface area contributed by atoms with Crippen LogP contribution in [0.5, 0.6) is 23.0 Å². The Morgan fingerprint density at radius 3 is 2.72 bits per heavy atom. The van der Waals surface area contributed by atoms with E-state index in [0.29, 0.717) is 38.7 Å². The van der Waals surface area contributed by atoms with Gasteiger partial charge in [-0.25, -0.2) is 9.69 Å². The molecule has 0 bridgehead atoms. The number of imide groups is 2. The van der Waals surface area contributed by atoms with Gasteiger partial charge in [0.05, 0.1) is 16.4 Å². The number of halogens is 1. The summed E-state index contributed by atoms with van der Waals surface area (Å²) < 4.78 is 22.3. The molecule has 2 aromatic carbocycles. The first kappa shape index (κ1) is 21.7. The molecule has 9 nitrogen and oxygen atoms in total. The molecule has 0 saturated carbocycles. The first-order chi connectivity index (χ1) is 15.4. The quantitative estimate of drug-likeness (QED) is 0.256. The topological polar surface area (TPSA) is 103 Å². The maximum atomic E-state index is 13.1. The molecule has 1 fully saturated rings. The van der Waals surface area contributed by atoms with Gasteiger partial charge in [0.15, 0.2) is 23.0 Å². The van der Waals surface area contributed by atoms with Crippen LogP contribution >= 0.6 is 22.6 Å². The Morgan fingerprint density at radius 1 is 1.19 bits per heavy atom. The summed E-state index contributed by atoms with van der Waals surface area (Å²) in [6.07, 6.45) is 3.00. The minimum Gasteiger partial charge on any atom is -0.493 e. The summed E-state index contributed by atoms with van der Waals surface area (Å²) >= 11 is 2.07. The number of hydrogen-bond donors (Lipinski definition) is 1. The second-order valence-corrected chi connectivity index (χ2v) is 7.79. The van der Waals surface area contributed by atoms with Crippen molar-refractivity contribution in [3.63, 3.8) is 0 Å². The number of carbonyl (C=O) groups is 3. The number of fused-ring (bicyclic) bond motifs is 1. The van der Waals surface area contributed by atoms with E-state index in [1.165, 1.54) is 25.3 Å². The van der Waals surface area contributed by atoms with Crippen molar-refractivity contribution in [2.24, 2.45) is 0 Å². The van der Waals surface area contributed by atoms with Gasteiger partial charge in [0.1, 0.15) is 12.2 Å². The molecule has 0 radical (unpaired) electrons. The summed E-state index contributed by atoms with van der Waals surface area (Å²) in [5, 5.41) is 2.20. The van der Waals surface area contributed by atoms with Crippen LogP contribution in [0.25, 0.3) is 6.08 Å². The first-order valence-electron chi connectivity index (χ1n) is 9.35. The van der Waals surface area contributed by atoms with E-state index < -0.39 is 17.8 Å². The number of rotatable bonds is 6. The van der Waals surface area contributed by atoms with Gasteiger partial charge in [-0.1, -0.05) is 12.7 Å². The second-order valence-electron chi connectivity index (χ2n) is 6.63. The molecule has 0 unspecified atom stereocenters. The Labute approximate surface area is 196 Å². The van der Waals surface area contributed by atoms with Gasteiger partial charge in [0, 0.05) is 6.07 Å². The van der Waals surface area contributed by atoms with Gasteiger partial charge in [-0.05, 0) is 58.5 Å². The fourth-order valence-electron chi connectivity index (χ4n) is 3.19. The normalized spacial score (nSPS) is 16.2. The van der Waals surface area contributed by atoms with E-state index in [1.807, 2.05) is 0 Å². The fourth-order valence-corrected chi connectivity index (χ4v) is 3.97. The Balaban J connectivity index is 1.70. The van der Waals surface area contributed by atoms with Crippen molar-refractivity contribution in [3.8, 4) is 23.0 Å². The predicted octanol–water partition coefficient (Wildman–Crippen LogP) is 3.26. The molecule has 2 aromatic rings. The van der Waals surface area contributed by atoms with Crippen molar-refractivity contribution >= 4 is 52.2 Å². The highest BCUT2D eigenvalue weighted by atomic mass is 127. The van der Waals surface area contributed by atoms with Gasteiger partial charge < -0.3 is 18.9 Å². The Hall–Kier alpha value is -3.54. The van der Waals surface area contributed by atoms with Gasteiger partial charge in [-0.2, -0.15) is 0 Å². The molecule has 1 saturated heterocycles. The number of ether oxygens (including phenoxy) is 4. The molecule has 2 aliphatic rings. The lowest BCUT2D eigenvalue weighted by molar-refractivity contribution is -0.122. The van der Waals surface area contributed by atoms with Crippen LogP contribution in [0.15, 0.2) is 48.6 Å². The van der Waals surface area contributed by atoms with E-state index in [4.69, 9.17) is 18.9 Å². The van der Waals surface area contributed by atoms with Gasteiger partial charge in [-0.3, -0.25) is 14.9 Å². The van der Waals surface area contributed by atoms with Crippen LogP contribution in [0.2, 0.25) is 0 Å². The minimum atomic E-state index is -0.851. The number of carbonyl (C=O) groups excluding carboxylic acids is 3. The molecule has 32 heavy (non-hydrogen) atoms. The highest BCUT2D eigenvalue weighted by Crippen LogP contribution is 2.37. The lowest BCUT2D eigenvalue weighted by atomic mass is 10.1. The van der Waals surface area contributed by atoms with Crippen LogP contribution < -0.4 is 29.2 Å². The first-order valence-corrected chi connectivity index (χ1v) is 10.4. The molecule has 0 aromatic heterocycles.